The highest BCUT2D eigenvalue weighted by Gasteiger charge is 2.11. The van der Waals surface area contributed by atoms with Crippen LogP contribution < -0.4 is 24.4 Å². The minimum atomic E-state index is -0.378. The molecule has 0 saturated carbocycles. The number of rotatable bonds is 10. The van der Waals surface area contributed by atoms with Gasteiger partial charge < -0.3 is 18.9 Å². The Labute approximate surface area is 197 Å². The summed E-state index contributed by atoms with van der Waals surface area (Å²) in [4.78, 5) is 12.4. The van der Waals surface area contributed by atoms with Crippen molar-refractivity contribution in [1.29, 1.82) is 0 Å². The Hall–Kier alpha value is -3.71. The Morgan fingerprint density at radius 2 is 1.70 bits per heavy atom. The average Bonchev–Trinajstić information content (AvgIpc) is 2.84. The van der Waals surface area contributed by atoms with Crippen LogP contribution in [0.5, 0.6) is 23.0 Å². The fraction of sp³-hybridized carbons (Fsp3) is 0.200. The monoisotopic (exact) mass is 468 g/mol. The van der Waals surface area contributed by atoms with E-state index in [1.54, 1.807) is 30.3 Å². The van der Waals surface area contributed by atoms with E-state index >= 15 is 0 Å². The van der Waals surface area contributed by atoms with Crippen LogP contribution >= 0.6 is 11.6 Å². The molecule has 172 valence electrons. The molecular weight excluding hydrogens is 444 g/mol. The zero-order valence-corrected chi connectivity index (χ0v) is 19.4. The summed E-state index contributed by atoms with van der Waals surface area (Å²) in [6, 6.07) is 17.8. The van der Waals surface area contributed by atoms with Gasteiger partial charge in [0.25, 0.3) is 5.91 Å². The van der Waals surface area contributed by atoms with E-state index in [1.165, 1.54) is 20.4 Å². The van der Waals surface area contributed by atoms with Crippen LogP contribution in [-0.2, 0) is 6.61 Å². The maximum Gasteiger partial charge on any atom is 0.271 e. The first-order valence-electron chi connectivity index (χ1n) is 10.2. The molecule has 3 aromatic rings. The van der Waals surface area contributed by atoms with E-state index in [4.69, 9.17) is 30.5 Å². The number of methoxy groups -OCH3 is 2. The van der Waals surface area contributed by atoms with E-state index in [1.807, 2.05) is 37.3 Å². The normalized spacial score (nSPS) is 10.7. The van der Waals surface area contributed by atoms with Gasteiger partial charge in [-0.3, -0.25) is 4.79 Å². The molecule has 0 radical (unpaired) electrons. The summed E-state index contributed by atoms with van der Waals surface area (Å²) in [6.07, 6.45) is 1.53. The lowest BCUT2D eigenvalue weighted by atomic mass is 10.2. The van der Waals surface area contributed by atoms with Crippen molar-refractivity contribution < 1.29 is 23.7 Å². The van der Waals surface area contributed by atoms with Gasteiger partial charge in [0.2, 0.25) is 0 Å². The van der Waals surface area contributed by atoms with Crippen molar-refractivity contribution in [2.45, 2.75) is 13.5 Å². The van der Waals surface area contributed by atoms with Gasteiger partial charge in [0.05, 0.1) is 27.0 Å². The highest BCUT2D eigenvalue weighted by atomic mass is 35.5. The molecule has 0 bridgehead atoms. The van der Waals surface area contributed by atoms with Crippen LogP contribution in [0.25, 0.3) is 0 Å². The van der Waals surface area contributed by atoms with Gasteiger partial charge >= 0.3 is 0 Å². The molecule has 0 unspecified atom stereocenters. The zero-order chi connectivity index (χ0) is 23.6. The van der Waals surface area contributed by atoms with Crippen LogP contribution in [0.1, 0.15) is 28.4 Å². The van der Waals surface area contributed by atoms with Gasteiger partial charge in [-0.2, -0.15) is 5.10 Å². The molecule has 0 aliphatic rings. The minimum absolute atomic E-state index is 0.314. The molecule has 1 amide bonds. The number of halogens is 1. The Kier molecular flexibility index (Phi) is 8.55. The first kappa shape index (κ1) is 23.9. The third-order valence-corrected chi connectivity index (χ3v) is 5.00. The second kappa shape index (κ2) is 11.8. The zero-order valence-electron chi connectivity index (χ0n) is 18.6. The molecule has 0 fully saturated rings. The molecule has 3 rings (SSSR count). The standard InChI is InChI=1S/C25H25ClN2O5/c1-4-32-24-13-17(9-11-22(24)33-16-19-7-5-6-8-20(19)26)15-27-28-25(29)18-10-12-21(30-2)23(14-18)31-3/h5-15H,4,16H2,1-3H3,(H,28,29)/b27-15+. The third kappa shape index (κ3) is 6.40. The SMILES string of the molecule is CCOc1cc(/C=N/NC(=O)c2ccc(OC)c(OC)c2)ccc1OCc1ccccc1Cl. The lowest BCUT2D eigenvalue weighted by molar-refractivity contribution is 0.0954. The lowest BCUT2D eigenvalue weighted by Crippen LogP contribution is -2.17. The molecule has 0 saturated heterocycles. The molecule has 0 atom stereocenters. The molecule has 0 aromatic heterocycles. The van der Waals surface area contributed by atoms with E-state index in [0.29, 0.717) is 46.8 Å². The number of benzene rings is 3. The smallest absolute Gasteiger partial charge is 0.271 e. The van der Waals surface area contributed by atoms with Crippen LogP contribution in [0.15, 0.2) is 65.8 Å². The number of hydrazone groups is 1. The number of carbonyl (C=O) groups excluding carboxylic acids is 1. The van der Waals surface area contributed by atoms with Gasteiger partial charge in [-0.25, -0.2) is 5.43 Å². The summed E-state index contributed by atoms with van der Waals surface area (Å²) in [7, 11) is 3.04. The Morgan fingerprint density at radius 3 is 2.42 bits per heavy atom. The highest BCUT2D eigenvalue weighted by Crippen LogP contribution is 2.30. The first-order valence-corrected chi connectivity index (χ1v) is 10.6. The average molecular weight is 469 g/mol. The van der Waals surface area contributed by atoms with Gasteiger partial charge in [-0.15, -0.1) is 0 Å². The Balaban J connectivity index is 1.67. The molecule has 0 heterocycles. The molecule has 8 heteroatoms. The quantitative estimate of drug-likeness (QED) is 0.331. The van der Waals surface area contributed by atoms with E-state index in [-0.39, 0.29) is 5.91 Å². The van der Waals surface area contributed by atoms with E-state index in [0.717, 1.165) is 11.1 Å². The molecule has 33 heavy (non-hydrogen) atoms. The van der Waals surface area contributed by atoms with Crippen LogP contribution in [-0.4, -0.2) is 32.9 Å². The van der Waals surface area contributed by atoms with E-state index in [9.17, 15) is 4.79 Å². The van der Waals surface area contributed by atoms with E-state index < -0.39 is 0 Å². The van der Waals surface area contributed by atoms with Crippen molar-refractivity contribution in [1.82, 2.24) is 5.43 Å². The lowest BCUT2D eigenvalue weighted by Gasteiger charge is -2.13. The number of hydrogen-bond donors (Lipinski definition) is 1. The second-order valence-corrected chi connectivity index (χ2v) is 7.20. The third-order valence-electron chi connectivity index (χ3n) is 4.63. The fourth-order valence-electron chi connectivity index (χ4n) is 2.97. The molecular formula is C25H25ClN2O5. The number of nitrogens with zero attached hydrogens (tertiary/aromatic N) is 1. The summed E-state index contributed by atoms with van der Waals surface area (Å²) in [6.45, 7) is 2.68. The van der Waals surface area contributed by atoms with Crippen molar-refractivity contribution in [3.63, 3.8) is 0 Å². The van der Waals surface area contributed by atoms with Crippen molar-refractivity contribution in [3.8, 4) is 23.0 Å². The second-order valence-electron chi connectivity index (χ2n) is 6.79. The number of carbonyl (C=O) groups is 1. The van der Waals surface area contributed by atoms with Crippen LogP contribution in [0.3, 0.4) is 0 Å². The highest BCUT2D eigenvalue weighted by molar-refractivity contribution is 6.31. The predicted octanol–water partition coefficient (Wildman–Crippen LogP) is 5.10. The maximum atomic E-state index is 12.4. The topological polar surface area (TPSA) is 78.4 Å². The maximum absolute atomic E-state index is 12.4. The van der Waals surface area contributed by atoms with Gasteiger partial charge in [0.1, 0.15) is 6.61 Å². The minimum Gasteiger partial charge on any atom is -0.493 e. The molecule has 3 aromatic carbocycles. The van der Waals surface area contributed by atoms with Crippen molar-refractivity contribution in [3.05, 3.63) is 82.4 Å². The van der Waals surface area contributed by atoms with Crippen molar-refractivity contribution in [2.24, 2.45) is 5.10 Å². The summed E-state index contributed by atoms with van der Waals surface area (Å²) >= 11 is 6.20. The van der Waals surface area contributed by atoms with Crippen LogP contribution in [0.4, 0.5) is 0 Å². The van der Waals surface area contributed by atoms with Crippen LogP contribution in [0.2, 0.25) is 5.02 Å². The number of nitrogens with one attached hydrogen (secondary N) is 1. The first-order chi connectivity index (χ1) is 16.0. The van der Waals surface area contributed by atoms with Crippen LogP contribution in [0, 0.1) is 0 Å². The number of hydrogen-bond acceptors (Lipinski definition) is 6. The van der Waals surface area contributed by atoms with E-state index in [2.05, 4.69) is 10.5 Å². The molecule has 7 nitrogen and oxygen atoms in total. The molecule has 0 aliphatic carbocycles. The molecule has 1 N–H and O–H groups in total. The largest absolute Gasteiger partial charge is 0.493 e. The molecule has 0 spiro atoms. The fourth-order valence-corrected chi connectivity index (χ4v) is 3.16. The predicted molar refractivity (Wildman–Crippen MR) is 128 cm³/mol. The summed E-state index contributed by atoms with van der Waals surface area (Å²) < 4.78 is 22.0. The number of ether oxygens (including phenoxy) is 4. The van der Waals surface area contributed by atoms with Gasteiger partial charge in [-0.1, -0.05) is 29.8 Å². The summed E-state index contributed by atoms with van der Waals surface area (Å²) in [5, 5.41) is 4.68. The number of amides is 1. The van der Waals surface area contributed by atoms with Gasteiger partial charge in [0.15, 0.2) is 23.0 Å². The van der Waals surface area contributed by atoms with Gasteiger partial charge in [-0.05, 0) is 55.0 Å². The Bertz CT molecular complexity index is 1130. The summed E-state index contributed by atoms with van der Waals surface area (Å²) in [5.74, 6) is 1.78. The Morgan fingerprint density at radius 1 is 0.939 bits per heavy atom. The van der Waals surface area contributed by atoms with Crippen molar-refractivity contribution in [2.75, 3.05) is 20.8 Å². The molecule has 0 aliphatic heterocycles. The van der Waals surface area contributed by atoms with Gasteiger partial charge in [0, 0.05) is 16.1 Å². The summed E-state index contributed by atoms with van der Waals surface area (Å²) in [5.41, 5.74) is 4.51. The van der Waals surface area contributed by atoms with Crippen molar-refractivity contribution >= 4 is 23.7 Å².